The molecule has 3 rings (SSSR count). The summed E-state index contributed by atoms with van der Waals surface area (Å²) in [5, 5.41) is 2.94. The summed E-state index contributed by atoms with van der Waals surface area (Å²) in [6, 6.07) is 7.67. The molecule has 0 radical (unpaired) electrons. The standard InChI is InChI=1S/C16H15F2N5O2S/c17-12-3-4-13(18)14(9-12)26(24,25)22-6-5-19-15-10-16(21-11-20-15)23-7-1-2-8-23/h1-4,7-11,22H,5-6H2,(H,19,20,21). The van der Waals surface area contributed by atoms with Gasteiger partial charge in [-0.3, -0.25) is 0 Å². The second kappa shape index (κ2) is 7.58. The van der Waals surface area contributed by atoms with Gasteiger partial charge in [-0.15, -0.1) is 0 Å². The zero-order chi connectivity index (χ0) is 18.6. The Morgan fingerprint density at radius 3 is 2.58 bits per heavy atom. The van der Waals surface area contributed by atoms with Crippen LogP contribution in [0.2, 0.25) is 0 Å². The van der Waals surface area contributed by atoms with Gasteiger partial charge in [-0.25, -0.2) is 31.9 Å². The van der Waals surface area contributed by atoms with E-state index in [9.17, 15) is 17.2 Å². The molecule has 7 nitrogen and oxygen atoms in total. The molecule has 0 aliphatic rings. The van der Waals surface area contributed by atoms with Crippen LogP contribution < -0.4 is 10.0 Å². The Labute approximate surface area is 148 Å². The third-order valence-corrected chi connectivity index (χ3v) is 4.90. The molecule has 0 bridgehead atoms. The van der Waals surface area contributed by atoms with E-state index in [1.54, 1.807) is 10.6 Å². The summed E-state index contributed by atoms with van der Waals surface area (Å²) >= 11 is 0. The van der Waals surface area contributed by atoms with Gasteiger partial charge in [0, 0.05) is 31.5 Å². The fraction of sp³-hybridized carbons (Fsp3) is 0.125. The molecule has 0 saturated carbocycles. The monoisotopic (exact) mass is 379 g/mol. The van der Waals surface area contributed by atoms with Crippen molar-refractivity contribution in [2.45, 2.75) is 4.90 Å². The Balaban J connectivity index is 1.59. The smallest absolute Gasteiger partial charge is 0.243 e. The van der Waals surface area contributed by atoms with Gasteiger partial charge in [-0.05, 0) is 30.3 Å². The molecule has 3 aromatic rings. The van der Waals surface area contributed by atoms with Crippen LogP contribution in [0.1, 0.15) is 0 Å². The zero-order valence-corrected chi connectivity index (χ0v) is 14.2. The number of rotatable bonds is 7. The lowest BCUT2D eigenvalue weighted by Crippen LogP contribution is -2.29. The predicted molar refractivity (Wildman–Crippen MR) is 91.4 cm³/mol. The van der Waals surface area contributed by atoms with E-state index in [4.69, 9.17) is 0 Å². The first-order chi connectivity index (χ1) is 12.5. The molecule has 0 spiro atoms. The highest BCUT2D eigenvalue weighted by molar-refractivity contribution is 7.89. The van der Waals surface area contributed by atoms with Crippen molar-refractivity contribution in [3.8, 4) is 5.82 Å². The van der Waals surface area contributed by atoms with E-state index >= 15 is 0 Å². The first-order valence-corrected chi connectivity index (χ1v) is 9.08. The summed E-state index contributed by atoms with van der Waals surface area (Å²) in [5.74, 6) is -0.697. The number of benzene rings is 1. The van der Waals surface area contributed by atoms with E-state index in [0.29, 0.717) is 17.7 Å². The number of anilines is 1. The second-order valence-electron chi connectivity index (χ2n) is 5.25. The van der Waals surface area contributed by atoms with Crippen LogP contribution in [0.5, 0.6) is 0 Å². The molecule has 2 heterocycles. The van der Waals surface area contributed by atoms with Crippen molar-refractivity contribution in [1.29, 1.82) is 0 Å². The van der Waals surface area contributed by atoms with Gasteiger partial charge < -0.3 is 9.88 Å². The molecule has 26 heavy (non-hydrogen) atoms. The second-order valence-corrected chi connectivity index (χ2v) is 6.99. The van der Waals surface area contributed by atoms with Crippen LogP contribution in [-0.2, 0) is 10.0 Å². The van der Waals surface area contributed by atoms with Crippen LogP contribution in [0.15, 0.2) is 60.0 Å². The van der Waals surface area contributed by atoms with E-state index in [-0.39, 0.29) is 13.1 Å². The van der Waals surface area contributed by atoms with Gasteiger partial charge in [-0.2, -0.15) is 0 Å². The van der Waals surface area contributed by atoms with Crippen LogP contribution in [0, 0.1) is 11.6 Å². The largest absolute Gasteiger partial charge is 0.369 e. The van der Waals surface area contributed by atoms with Crippen LogP contribution in [0.4, 0.5) is 14.6 Å². The zero-order valence-electron chi connectivity index (χ0n) is 13.4. The average Bonchev–Trinajstić information content (AvgIpc) is 3.16. The lowest BCUT2D eigenvalue weighted by molar-refractivity contribution is 0.546. The summed E-state index contributed by atoms with van der Waals surface area (Å²) in [4.78, 5) is 7.45. The van der Waals surface area contributed by atoms with Crippen molar-refractivity contribution in [3.63, 3.8) is 0 Å². The number of nitrogens with zero attached hydrogens (tertiary/aromatic N) is 3. The lowest BCUT2D eigenvalue weighted by Gasteiger charge is -2.10. The van der Waals surface area contributed by atoms with Crippen LogP contribution in [0.3, 0.4) is 0 Å². The highest BCUT2D eigenvalue weighted by Crippen LogP contribution is 2.15. The Hall–Kier alpha value is -2.85. The molecule has 10 heteroatoms. The van der Waals surface area contributed by atoms with Crippen molar-refractivity contribution >= 4 is 15.8 Å². The van der Waals surface area contributed by atoms with Gasteiger partial charge in [0.15, 0.2) is 0 Å². The topological polar surface area (TPSA) is 88.9 Å². The Bertz CT molecular complexity index is 994. The highest BCUT2D eigenvalue weighted by Gasteiger charge is 2.19. The molecular weight excluding hydrogens is 364 g/mol. The summed E-state index contributed by atoms with van der Waals surface area (Å²) in [5.41, 5.74) is 0. The minimum absolute atomic E-state index is 0.0405. The maximum absolute atomic E-state index is 13.6. The first kappa shape index (κ1) is 18.0. The van der Waals surface area contributed by atoms with Crippen molar-refractivity contribution in [3.05, 3.63) is 66.8 Å². The highest BCUT2D eigenvalue weighted by atomic mass is 32.2. The van der Waals surface area contributed by atoms with E-state index in [0.717, 1.165) is 12.1 Å². The minimum atomic E-state index is -4.15. The van der Waals surface area contributed by atoms with Gasteiger partial charge >= 0.3 is 0 Å². The van der Waals surface area contributed by atoms with Crippen molar-refractivity contribution in [2.75, 3.05) is 18.4 Å². The Morgan fingerprint density at radius 1 is 1.04 bits per heavy atom. The van der Waals surface area contributed by atoms with E-state index in [1.807, 2.05) is 24.5 Å². The number of aromatic nitrogens is 3. The van der Waals surface area contributed by atoms with Gasteiger partial charge in [0.25, 0.3) is 0 Å². The van der Waals surface area contributed by atoms with Gasteiger partial charge in [0.05, 0.1) is 0 Å². The SMILES string of the molecule is O=S(=O)(NCCNc1cc(-n2cccc2)ncn1)c1cc(F)ccc1F. The summed E-state index contributed by atoms with van der Waals surface area (Å²) in [7, 11) is -4.15. The number of sulfonamides is 1. The molecular formula is C16H15F2N5O2S. The average molecular weight is 379 g/mol. The molecule has 0 aliphatic carbocycles. The Morgan fingerprint density at radius 2 is 1.81 bits per heavy atom. The molecule has 0 unspecified atom stereocenters. The number of hydrogen-bond donors (Lipinski definition) is 2. The minimum Gasteiger partial charge on any atom is -0.369 e. The molecule has 0 aliphatic heterocycles. The number of hydrogen-bond acceptors (Lipinski definition) is 5. The Kier molecular flexibility index (Phi) is 5.24. The van der Waals surface area contributed by atoms with Crippen molar-refractivity contribution in [1.82, 2.24) is 19.3 Å². The molecule has 2 aromatic heterocycles. The quantitative estimate of drug-likeness (QED) is 0.613. The third-order valence-electron chi connectivity index (χ3n) is 3.43. The predicted octanol–water partition coefficient (Wildman–Crippen LogP) is 1.94. The maximum atomic E-state index is 13.6. The summed E-state index contributed by atoms with van der Waals surface area (Å²) in [6.07, 6.45) is 5.03. The van der Waals surface area contributed by atoms with E-state index in [1.165, 1.54) is 6.33 Å². The van der Waals surface area contributed by atoms with E-state index < -0.39 is 26.6 Å². The molecule has 0 atom stereocenters. The van der Waals surface area contributed by atoms with E-state index in [2.05, 4.69) is 20.0 Å². The van der Waals surface area contributed by atoms with Gasteiger partial charge in [0.1, 0.15) is 34.5 Å². The summed E-state index contributed by atoms with van der Waals surface area (Å²) in [6.45, 7) is 0.152. The summed E-state index contributed by atoms with van der Waals surface area (Å²) < 4.78 is 54.9. The lowest BCUT2D eigenvalue weighted by atomic mass is 10.3. The molecule has 0 amide bonds. The van der Waals surface area contributed by atoms with Crippen molar-refractivity contribution in [2.24, 2.45) is 0 Å². The number of nitrogens with one attached hydrogen (secondary N) is 2. The molecule has 0 fully saturated rings. The molecule has 0 saturated heterocycles. The molecule has 2 N–H and O–H groups in total. The van der Waals surface area contributed by atoms with Crippen LogP contribution >= 0.6 is 0 Å². The first-order valence-electron chi connectivity index (χ1n) is 7.60. The van der Waals surface area contributed by atoms with Gasteiger partial charge in [-0.1, -0.05) is 0 Å². The fourth-order valence-corrected chi connectivity index (χ4v) is 3.33. The van der Waals surface area contributed by atoms with Crippen molar-refractivity contribution < 1.29 is 17.2 Å². The fourth-order valence-electron chi connectivity index (χ4n) is 2.21. The van der Waals surface area contributed by atoms with Crippen LogP contribution in [0.25, 0.3) is 5.82 Å². The van der Waals surface area contributed by atoms with Crippen LogP contribution in [-0.4, -0.2) is 36.0 Å². The number of halogens is 2. The maximum Gasteiger partial charge on any atom is 0.243 e. The third kappa shape index (κ3) is 4.21. The van der Waals surface area contributed by atoms with Gasteiger partial charge in [0.2, 0.25) is 10.0 Å². The molecule has 136 valence electrons. The normalized spacial score (nSPS) is 11.5. The molecule has 1 aromatic carbocycles.